The lowest BCUT2D eigenvalue weighted by Crippen LogP contribution is -2.47. The van der Waals surface area contributed by atoms with E-state index in [4.69, 9.17) is 15.6 Å². The van der Waals surface area contributed by atoms with Crippen LogP contribution in [-0.2, 0) is 9.78 Å². The van der Waals surface area contributed by atoms with Crippen molar-refractivity contribution in [3.8, 4) is 0 Å². The Labute approximate surface area is 91.3 Å². The van der Waals surface area contributed by atoms with Crippen LogP contribution in [0.25, 0.3) is 0 Å². The van der Waals surface area contributed by atoms with Crippen molar-refractivity contribution in [3.05, 3.63) is 0 Å². The van der Waals surface area contributed by atoms with E-state index in [1.807, 2.05) is 0 Å². The van der Waals surface area contributed by atoms with E-state index in [2.05, 4.69) is 22.0 Å². The minimum absolute atomic E-state index is 0.466. The Bertz CT molecular complexity index is 204. The highest BCUT2D eigenvalue weighted by molar-refractivity contribution is 7.79. The Morgan fingerprint density at radius 3 is 2.27 bits per heavy atom. The maximum Gasteiger partial charge on any atom is 0.212 e. The van der Waals surface area contributed by atoms with Crippen LogP contribution in [0.4, 0.5) is 0 Å². The zero-order chi connectivity index (χ0) is 11.8. The molecule has 0 aromatic heterocycles. The summed E-state index contributed by atoms with van der Waals surface area (Å²) in [7, 11) is 0. The first-order valence-electron chi connectivity index (χ1n) is 3.99. The van der Waals surface area contributed by atoms with Gasteiger partial charge in [-0.2, -0.15) is 4.89 Å². The van der Waals surface area contributed by atoms with Crippen LogP contribution in [0.1, 0.15) is 0 Å². The van der Waals surface area contributed by atoms with E-state index in [9.17, 15) is 10.2 Å². The number of thiocarbonyl (C=S) groups is 1. The third kappa shape index (κ3) is 4.60. The highest BCUT2D eigenvalue weighted by atomic mass is 32.1. The normalized spacial score (nSPS) is 18.7. The maximum atomic E-state index is 9.41. The van der Waals surface area contributed by atoms with E-state index in [-0.39, 0.29) is 0 Å². The molecule has 0 aromatic carbocycles. The molecule has 0 unspecified atom stereocenters. The molecule has 0 amide bonds. The molecule has 0 spiro atoms. The Kier molecular flexibility index (Phi) is 7.30. The lowest BCUT2D eigenvalue weighted by atomic mass is 10.0. The fourth-order valence-corrected chi connectivity index (χ4v) is 0.988. The second-order valence-electron chi connectivity index (χ2n) is 2.64. The summed E-state index contributed by atoms with van der Waals surface area (Å²) < 4.78 is 0. The number of aliphatic hydroxyl groups is 4. The van der Waals surface area contributed by atoms with E-state index in [0.717, 1.165) is 5.37 Å². The fourth-order valence-electron chi connectivity index (χ4n) is 0.782. The smallest absolute Gasteiger partial charge is 0.212 e. The van der Waals surface area contributed by atoms with Crippen LogP contribution in [0.5, 0.6) is 0 Å². The zero-order valence-corrected chi connectivity index (χ0v) is 8.50. The van der Waals surface area contributed by atoms with Gasteiger partial charge in [0, 0.05) is 5.37 Å². The van der Waals surface area contributed by atoms with Crippen molar-refractivity contribution in [1.29, 1.82) is 5.41 Å². The van der Waals surface area contributed by atoms with Crippen LogP contribution in [0.3, 0.4) is 0 Å². The van der Waals surface area contributed by atoms with Crippen LogP contribution < -0.4 is 0 Å². The molecule has 5 N–H and O–H groups in total. The van der Waals surface area contributed by atoms with Crippen LogP contribution in [0, 0.1) is 5.41 Å². The van der Waals surface area contributed by atoms with Gasteiger partial charge in [0.25, 0.3) is 0 Å². The van der Waals surface area contributed by atoms with Gasteiger partial charge in [0.2, 0.25) is 6.40 Å². The molecule has 0 saturated carbocycles. The number of hydrogen-bond acceptors (Lipinski definition) is 8. The molecular formula is C7H13NO6S. The number of nitrogens with one attached hydrogen (secondary N) is 1. The van der Waals surface area contributed by atoms with Crippen molar-refractivity contribution in [3.63, 3.8) is 0 Å². The predicted molar refractivity (Wildman–Crippen MR) is 53.5 cm³/mol. The van der Waals surface area contributed by atoms with Gasteiger partial charge in [0.1, 0.15) is 18.3 Å². The molecule has 0 heterocycles. The Balaban J connectivity index is 4.28. The summed E-state index contributed by atoms with van der Waals surface area (Å²) in [5.41, 5.74) is 0. The number of rotatable bonds is 8. The lowest BCUT2D eigenvalue weighted by molar-refractivity contribution is -0.264. The molecule has 0 rings (SSSR count). The molecule has 0 radical (unpaired) electrons. The summed E-state index contributed by atoms with van der Waals surface area (Å²) >= 11 is 4.48. The number of hydrogen-bond donors (Lipinski definition) is 5. The average molecular weight is 239 g/mol. The van der Waals surface area contributed by atoms with Gasteiger partial charge in [0.15, 0.2) is 6.10 Å². The standard InChI is InChI=1S/C7H13NO6S/c8-3-13-14-5(2-15)7(12)6(11)4(10)1-9/h2-12H,1H2/t4-,5+,6+,7-/m1/s1. The van der Waals surface area contributed by atoms with E-state index in [1.165, 1.54) is 0 Å². The highest BCUT2D eigenvalue weighted by Gasteiger charge is 2.31. The SMILES string of the molecule is N=COO[C@@H](C=S)[C@@H](O)[C@@H](O)[C@H](O)CO. The molecule has 0 aromatic rings. The summed E-state index contributed by atoms with van der Waals surface area (Å²) in [6, 6.07) is 0. The van der Waals surface area contributed by atoms with Crippen LogP contribution in [-0.4, -0.2) is 63.2 Å². The van der Waals surface area contributed by atoms with E-state index >= 15 is 0 Å². The second kappa shape index (κ2) is 7.63. The van der Waals surface area contributed by atoms with Crippen molar-refractivity contribution in [2.45, 2.75) is 24.4 Å². The van der Waals surface area contributed by atoms with Crippen molar-refractivity contribution < 1.29 is 30.2 Å². The fraction of sp³-hybridized carbons (Fsp3) is 0.714. The third-order valence-corrected chi connectivity index (χ3v) is 1.88. The molecule has 0 bridgehead atoms. The zero-order valence-electron chi connectivity index (χ0n) is 7.68. The van der Waals surface area contributed by atoms with Crippen molar-refractivity contribution in [2.24, 2.45) is 0 Å². The van der Waals surface area contributed by atoms with Crippen molar-refractivity contribution in [1.82, 2.24) is 0 Å². The molecule has 88 valence electrons. The Morgan fingerprint density at radius 2 is 1.87 bits per heavy atom. The predicted octanol–water partition coefficient (Wildman–Crippen LogP) is -2.02. The maximum absolute atomic E-state index is 9.41. The van der Waals surface area contributed by atoms with Crippen LogP contribution >= 0.6 is 12.2 Å². The minimum atomic E-state index is -1.63. The molecule has 4 atom stereocenters. The summed E-state index contributed by atoms with van der Waals surface area (Å²) in [5.74, 6) is 0. The van der Waals surface area contributed by atoms with Gasteiger partial charge in [0.05, 0.1) is 6.61 Å². The summed E-state index contributed by atoms with van der Waals surface area (Å²) in [6.07, 6.45) is -5.44. The van der Waals surface area contributed by atoms with E-state index in [0.29, 0.717) is 6.40 Å². The summed E-state index contributed by atoms with van der Waals surface area (Å²) in [4.78, 5) is 8.51. The van der Waals surface area contributed by atoms with E-state index in [1.54, 1.807) is 0 Å². The van der Waals surface area contributed by atoms with Gasteiger partial charge in [-0.3, -0.25) is 5.41 Å². The summed E-state index contributed by atoms with van der Waals surface area (Å²) in [5, 5.41) is 43.7. The first-order chi connectivity index (χ1) is 7.08. The molecule has 7 nitrogen and oxygen atoms in total. The van der Waals surface area contributed by atoms with Crippen LogP contribution in [0.2, 0.25) is 0 Å². The Hall–Kier alpha value is -0.640. The third-order valence-electron chi connectivity index (χ3n) is 1.62. The molecule has 0 saturated heterocycles. The van der Waals surface area contributed by atoms with Gasteiger partial charge in [-0.05, 0) is 0 Å². The van der Waals surface area contributed by atoms with Crippen molar-refractivity contribution in [2.75, 3.05) is 6.61 Å². The molecule has 15 heavy (non-hydrogen) atoms. The first-order valence-corrected chi connectivity index (χ1v) is 4.47. The van der Waals surface area contributed by atoms with Gasteiger partial charge >= 0.3 is 0 Å². The largest absolute Gasteiger partial charge is 0.394 e. The lowest BCUT2D eigenvalue weighted by Gasteiger charge is -2.24. The Morgan fingerprint density at radius 1 is 1.27 bits per heavy atom. The second-order valence-corrected chi connectivity index (χ2v) is 2.91. The molecule has 0 aliphatic heterocycles. The minimum Gasteiger partial charge on any atom is -0.394 e. The van der Waals surface area contributed by atoms with Gasteiger partial charge in [-0.25, -0.2) is 0 Å². The highest BCUT2D eigenvalue weighted by Crippen LogP contribution is 2.07. The average Bonchev–Trinajstić information content (AvgIpc) is 2.27. The molecular weight excluding hydrogens is 226 g/mol. The quantitative estimate of drug-likeness (QED) is 0.109. The van der Waals surface area contributed by atoms with Crippen molar-refractivity contribution >= 4 is 24.0 Å². The molecule has 0 fully saturated rings. The van der Waals surface area contributed by atoms with E-state index < -0.39 is 31.0 Å². The van der Waals surface area contributed by atoms with Gasteiger partial charge < -0.3 is 25.3 Å². The number of aliphatic hydroxyl groups excluding tert-OH is 4. The molecule has 8 heteroatoms. The van der Waals surface area contributed by atoms with Crippen LogP contribution in [0.15, 0.2) is 0 Å². The molecule has 0 aliphatic rings. The first kappa shape index (κ1) is 14.4. The monoisotopic (exact) mass is 239 g/mol. The van der Waals surface area contributed by atoms with Gasteiger partial charge in [-0.15, -0.1) is 0 Å². The molecule has 0 aliphatic carbocycles. The van der Waals surface area contributed by atoms with Gasteiger partial charge in [-0.1, -0.05) is 12.2 Å². The topological polar surface area (TPSA) is 123 Å². The summed E-state index contributed by atoms with van der Waals surface area (Å²) in [6.45, 7) is -0.714.